The number of nitrogens with one attached hydrogen (secondary N) is 1. The second-order valence-electron chi connectivity index (χ2n) is 4.23. The minimum absolute atomic E-state index is 0.0555. The van der Waals surface area contributed by atoms with Crippen molar-refractivity contribution in [1.29, 1.82) is 0 Å². The van der Waals surface area contributed by atoms with Crippen LogP contribution < -0.4 is 10.5 Å². The number of aromatic amines is 1. The molecule has 20 heavy (non-hydrogen) atoms. The van der Waals surface area contributed by atoms with Crippen LogP contribution in [0, 0.1) is 0 Å². The van der Waals surface area contributed by atoms with Crippen molar-refractivity contribution in [3.63, 3.8) is 0 Å². The monoisotopic (exact) mass is 284 g/mol. The van der Waals surface area contributed by atoms with E-state index in [1.165, 1.54) is 19.2 Å². The van der Waals surface area contributed by atoms with Crippen LogP contribution in [0.15, 0.2) is 24.4 Å². The van der Waals surface area contributed by atoms with E-state index < -0.39 is 18.6 Å². The zero-order chi connectivity index (χ0) is 14.7. The van der Waals surface area contributed by atoms with Gasteiger partial charge in [-0.1, -0.05) is 0 Å². The summed E-state index contributed by atoms with van der Waals surface area (Å²) >= 11 is 0. The number of alkyl halides is 2. The van der Waals surface area contributed by atoms with Gasteiger partial charge in [0.15, 0.2) is 0 Å². The molecule has 3 N–H and O–H groups in total. The molecule has 0 spiro atoms. The second kappa shape index (κ2) is 5.87. The van der Waals surface area contributed by atoms with Crippen LogP contribution in [-0.4, -0.2) is 30.7 Å². The molecule has 1 unspecified atom stereocenters. The number of benzene rings is 1. The molecule has 2 aromatic rings. The van der Waals surface area contributed by atoms with Crippen molar-refractivity contribution in [2.75, 3.05) is 7.11 Å². The van der Waals surface area contributed by atoms with E-state index >= 15 is 0 Å². The Kier molecular flexibility index (Phi) is 4.19. The second-order valence-corrected chi connectivity index (χ2v) is 4.23. The highest BCUT2D eigenvalue weighted by Gasteiger charge is 2.17. The molecule has 0 bridgehead atoms. The SMILES string of the molecule is COC(=O)C(N)Cc1c[nH]c2ccc(OC(F)F)cc12. The van der Waals surface area contributed by atoms with Crippen LogP contribution in [0.4, 0.5) is 8.78 Å². The molecule has 0 aliphatic rings. The lowest BCUT2D eigenvalue weighted by atomic mass is 10.1. The topological polar surface area (TPSA) is 77.3 Å². The first kappa shape index (κ1) is 14.3. The van der Waals surface area contributed by atoms with Crippen molar-refractivity contribution in [1.82, 2.24) is 4.98 Å². The standard InChI is InChI=1S/C13H14F2N2O3/c1-19-12(18)10(16)4-7-6-17-11-3-2-8(5-9(7)11)20-13(14)15/h2-3,5-6,10,13,17H,4,16H2,1H3. The summed E-state index contributed by atoms with van der Waals surface area (Å²) in [4.78, 5) is 14.3. The summed E-state index contributed by atoms with van der Waals surface area (Å²) in [6.07, 6.45) is 1.92. The van der Waals surface area contributed by atoms with E-state index in [1.54, 1.807) is 12.3 Å². The number of fused-ring (bicyclic) bond motifs is 1. The third-order valence-electron chi connectivity index (χ3n) is 2.91. The molecule has 0 fully saturated rings. The Labute approximate surface area is 113 Å². The number of rotatable bonds is 5. The fourth-order valence-corrected chi connectivity index (χ4v) is 1.97. The predicted molar refractivity (Wildman–Crippen MR) is 68.6 cm³/mol. The van der Waals surface area contributed by atoms with E-state index in [2.05, 4.69) is 14.5 Å². The van der Waals surface area contributed by atoms with Gasteiger partial charge in [0.05, 0.1) is 7.11 Å². The minimum Gasteiger partial charge on any atom is -0.468 e. The van der Waals surface area contributed by atoms with Gasteiger partial charge >= 0.3 is 12.6 Å². The Balaban J connectivity index is 2.27. The molecule has 108 valence electrons. The summed E-state index contributed by atoms with van der Waals surface area (Å²) in [6, 6.07) is 3.74. The number of hydrogen-bond donors (Lipinski definition) is 2. The lowest BCUT2D eigenvalue weighted by molar-refractivity contribution is -0.142. The first-order chi connectivity index (χ1) is 9.51. The Morgan fingerprint density at radius 2 is 2.20 bits per heavy atom. The van der Waals surface area contributed by atoms with Gasteiger partial charge in [0.25, 0.3) is 0 Å². The zero-order valence-electron chi connectivity index (χ0n) is 10.7. The Bertz CT molecular complexity index is 613. The quantitative estimate of drug-likeness (QED) is 0.821. The van der Waals surface area contributed by atoms with Gasteiger partial charge < -0.3 is 20.2 Å². The number of aromatic nitrogens is 1. The van der Waals surface area contributed by atoms with Crippen LogP contribution >= 0.6 is 0 Å². The van der Waals surface area contributed by atoms with Crippen LogP contribution in [0.2, 0.25) is 0 Å². The molecule has 0 radical (unpaired) electrons. The lowest BCUT2D eigenvalue weighted by Crippen LogP contribution is -2.33. The third-order valence-corrected chi connectivity index (χ3v) is 2.91. The first-order valence-corrected chi connectivity index (χ1v) is 5.89. The van der Waals surface area contributed by atoms with E-state index in [0.29, 0.717) is 5.39 Å². The van der Waals surface area contributed by atoms with Gasteiger partial charge in [-0.25, -0.2) is 0 Å². The molecule has 0 aliphatic carbocycles. The van der Waals surface area contributed by atoms with Gasteiger partial charge in [0.2, 0.25) is 0 Å². The van der Waals surface area contributed by atoms with Gasteiger partial charge in [0.1, 0.15) is 11.8 Å². The highest BCUT2D eigenvalue weighted by molar-refractivity contribution is 5.85. The fraction of sp³-hybridized carbons (Fsp3) is 0.308. The number of esters is 1. The third kappa shape index (κ3) is 3.05. The molecular weight excluding hydrogens is 270 g/mol. The summed E-state index contributed by atoms with van der Waals surface area (Å²) in [7, 11) is 1.26. The maximum absolute atomic E-state index is 12.2. The van der Waals surface area contributed by atoms with E-state index in [4.69, 9.17) is 5.73 Å². The number of nitrogens with two attached hydrogens (primary N) is 1. The number of H-pyrrole nitrogens is 1. The maximum atomic E-state index is 12.2. The van der Waals surface area contributed by atoms with Crippen LogP contribution in [0.25, 0.3) is 10.9 Å². The molecule has 1 aromatic heterocycles. The number of carbonyl (C=O) groups excluding carboxylic acids is 1. The smallest absolute Gasteiger partial charge is 0.387 e. The Morgan fingerprint density at radius 1 is 1.45 bits per heavy atom. The highest BCUT2D eigenvalue weighted by atomic mass is 19.3. The van der Waals surface area contributed by atoms with Crippen molar-refractivity contribution < 1.29 is 23.0 Å². The van der Waals surface area contributed by atoms with E-state index in [0.717, 1.165) is 11.1 Å². The Hall–Kier alpha value is -2.15. The lowest BCUT2D eigenvalue weighted by Gasteiger charge is -2.09. The van der Waals surface area contributed by atoms with Crippen molar-refractivity contribution in [2.45, 2.75) is 19.1 Å². The summed E-state index contributed by atoms with van der Waals surface area (Å²) in [5.41, 5.74) is 7.17. The molecule has 1 atom stereocenters. The summed E-state index contributed by atoms with van der Waals surface area (Å²) in [6.45, 7) is -2.88. The van der Waals surface area contributed by atoms with Gasteiger partial charge in [0, 0.05) is 23.5 Å². The normalized spacial score (nSPS) is 12.7. The number of carbonyl (C=O) groups is 1. The molecule has 0 aliphatic heterocycles. The molecule has 0 saturated heterocycles. The van der Waals surface area contributed by atoms with Crippen molar-refractivity contribution in [2.24, 2.45) is 5.73 Å². The van der Waals surface area contributed by atoms with Gasteiger partial charge in [-0.3, -0.25) is 4.79 Å². The molecule has 0 amide bonds. The predicted octanol–water partition coefficient (Wildman–Crippen LogP) is 1.81. The van der Waals surface area contributed by atoms with E-state index in [1.807, 2.05) is 0 Å². The molecular formula is C13H14F2N2O3. The number of ether oxygens (including phenoxy) is 2. The van der Waals surface area contributed by atoms with Gasteiger partial charge in [-0.05, 0) is 23.8 Å². The number of halogens is 2. The van der Waals surface area contributed by atoms with Crippen LogP contribution in [0.3, 0.4) is 0 Å². The van der Waals surface area contributed by atoms with Crippen molar-refractivity contribution in [3.05, 3.63) is 30.0 Å². The van der Waals surface area contributed by atoms with E-state index in [9.17, 15) is 13.6 Å². The Morgan fingerprint density at radius 3 is 2.85 bits per heavy atom. The van der Waals surface area contributed by atoms with Crippen molar-refractivity contribution >= 4 is 16.9 Å². The molecule has 7 heteroatoms. The number of methoxy groups -OCH3 is 1. The molecule has 0 saturated carbocycles. The largest absolute Gasteiger partial charge is 0.468 e. The molecule has 5 nitrogen and oxygen atoms in total. The average Bonchev–Trinajstić information content (AvgIpc) is 2.79. The summed E-state index contributed by atoms with van der Waals surface area (Å²) < 4.78 is 33.3. The van der Waals surface area contributed by atoms with Gasteiger partial charge in [-0.15, -0.1) is 0 Å². The van der Waals surface area contributed by atoms with Crippen LogP contribution in [-0.2, 0) is 16.0 Å². The fourth-order valence-electron chi connectivity index (χ4n) is 1.97. The van der Waals surface area contributed by atoms with Crippen molar-refractivity contribution in [3.8, 4) is 5.75 Å². The molecule has 2 rings (SSSR count). The molecule has 1 heterocycles. The highest BCUT2D eigenvalue weighted by Crippen LogP contribution is 2.25. The maximum Gasteiger partial charge on any atom is 0.387 e. The first-order valence-electron chi connectivity index (χ1n) is 5.89. The van der Waals surface area contributed by atoms with Gasteiger partial charge in [-0.2, -0.15) is 8.78 Å². The minimum atomic E-state index is -2.88. The van der Waals surface area contributed by atoms with Crippen LogP contribution in [0.1, 0.15) is 5.56 Å². The summed E-state index contributed by atoms with van der Waals surface area (Å²) in [5, 5.41) is 0.683. The van der Waals surface area contributed by atoms with E-state index in [-0.39, 0.29) is 12.2 Å². The average molecular weight is 284 g/mol. The van der Waals surface area contributed by atoms with Crippen LogP contribution in [0.5, 0.6) is 5.75 Å². The zero-order valence-corrected chi connectivity index (χ0v) is 10.7. The number of hydrogen-bond acceptors (Lipinski definition) is 4. The summed E-state index contributed by atoms with van der Waals surface area (Å²) in [5.74, 6) is -0.473. The molecule has 1 aromatic carbocycles.